The molecule has 0 saturated heterocycles. The van der Waals surface area contributed by atoms with Gasteiger partial charge in [0.15, 0.2) is 5.41 Å². The van der Waals surface area contributed by atoms with Gasteiger partial charge in [0, 0.05) is 0 Å². The molecule has 0 radical (unpaired) electrons. The predicted octanol–water partition coefficient (Wildman–Crippen LogP) is 1.53. The van der Waals surface area contributed by atoms with Gasteiger partial charge in [-0.15, -0.1) is 0 Å². The van der Waals surface area contributed by atoms with Crippen LogP contribution in [0.25, 0.3) is 0 Å². The summed E-state index contributed by atoms with van der Waals surface area (Å²) in [5.74, 6) is -0.749. The number of ether oxygens (including phenoxy) is 2. The molecule has 0 amide bonds. The van der Waals surface area contributed by atoms with E-state index in [1.165, 1.54) is 0 Å². The summed E-state index contributed by atoms with van der Waals surface area (Å²) in [4.78, 5) is 23.4. The lowest BCUT2D eigenvalue weighted by atomic mass is 10.0. The second-order valence-electron chi connectivity index (χ2n) is 3.72. The van der Waals surface area contributed by atoms with Crippen LogP contribution < -0.4 is 0 Å². The highest BCUT2D eigenvalue weighted by atomic mass is 16.6. The summed E-state index contributed by atoms with van der Waals surface area (Å²) in [7, 11) is 0. The molecule has 1 aliphatic carbocycles. The van der Waals surface area contributed by atoms with Crippen molar-refractivity contribution in [1.82, 2.24) is 0 Å². The quantitative estimate of drug-likeness (QED) is 0.514. The van der Waals surface area contributed by atoms with E-state index >= 15 is 0 Å². The van der Waals surface area contributed by atoms with Crippen LogP contribution in [0.15, 0.2) is 0 Å². The van der Waals surface area contributed by atoms with Crippen molar-refractivity contribution in [3.63, 3.8) is 0 Å². The van der Waals surface area contributed by atoms with Crippen LogP contribution in [-0.2, 0) is 19.1 Å². The summed E-state index contributed by atoms with van der Waals surface area (Å²) in [6, 6.07) is 0. The number of carbonyl (C=O) groups is 2. The fourth-order valence-corrected chi connectivity index (χ4v) is 1.93. The summed E-state index contributed by atoms with van der Waals surface area (Å²) in [6.45, 7) is 6.04. The van der Waals surface area contributed by atoms with Crippen molar-refractivity contribution in [2.75, 3.05) is 13.2 Å². The van der Waals surface area contributed by atoms with E-state index in [1.54, 1.807) is 13.8 Å². The Hall–Kier alpha value is -1.06. The molecular weight excluding hydrogens is 196 g/mol. The van der Waals surface area contributed by atoms with Gasteiger partial charge in [-0.2, -0.15) is 0 Å². The molecule has 1 saturated carbocycles. The molecule has 4 nitrogen and oxygen atoms in total. The first-order valence-electron chi connectivity index (χ1n) is 5.47. The van der Waals surface area contributed by atoms with Crippen molar-refractivity contribution in [3.05, 3.63) is 0 Å². The summed E-state index contributed by atoms with van der Waals surface area (Å²) in [5.41, 5.74) is -0.985. The molecule has 0 aromatic carbocycles. The topological polar surface area (TPSA) is 52.6 Å². The minimum atomic E-state index is -0.985. The highest BCUT2D eigenvalue weighted by molar-refractivity contribution is 6.03. The first kappa shape index (κ1) is 12.0. The molecule has 0 aliphatic heterocycles. The SMILES string of the molecule is CCOC(=O)C1(C(=O)OCC)CC1CC. The fraction of sp³-hybridized carbons (Fsp3) is 0.818. The zero-order chi connectivity index (χ0) is 11.5. The Morgan fingerprint density at radius 2 is 1.60 bits per heavy atom. The molecule has 0 N–H and O–H groups in total. The van der Waals surface area contributed by atoms with E-state index in [2.05, 4.69) is 0 Å². The van der Waals surface area contributed by atoms with E-state index in [0.717, 1.165) is 6.42 Å². The number of rotatable bonds is 5. The van der Waals surface area contributed by atoms with E-state index in [9.17, 15) is 9.59 Å². The Bertz CT molecular complexity index is 241. The summed E-state index contributed by atoms with van der Waals surface area (Å²) in [6.07, 6.45) is 1.37. The number of hydrogen-bond acceptors (Lipinski definition) is 4. The molecule has 0 heterocycles. The summed E-state index contributed by atoms with van der Waals surface area (Å²) in [5, 5.41) is 0. The zero-order valence-electron chi connectivity index (χ0n) is 9.54. The van der Waals surface area contributed by atoms with Crippen LogP contribution >= 0.6 is 0 Å². The first-order valence-corrected chi connectivity index (χ1v) is 5.47. The smallest absolute Gasteiger partial charge is 0.323 e. The predicted molar refractivity (Wildman–Crippen MR) is 54.1 cm³/mol. The average Bonchev–Trinajstić information content (AvgIpc) is 2.94. The van der Waals surface area contributed by atoms with E-state index in [0.29, 0.717) is 19.6 Å². The molecule has 1 atom stereocenters. The van der Waals surface area contributed by atoms with Crippen LogP contribution in [0.3, 0.4) is 0 Å². The van der Waals surface area contributed by atoms with Gasteiger partial charge in [-0.05, 0) is 26.2 Å². The molecule has 0 aromatic rings. The maximum atomic E-state index is 11.7. The molecule has 0 aromatic heterocycles. The lowest BCUT2D eigenvalue weighted by Crippen LogP contribution is -2.31. The van der Waals surface area contributed by atoms with Gasteiger partial charge in [0.25, 0.3) is 0 Å². The highest BCUT2D eigenvalue weighted by Gasteiger charge is 2.67. The first-order chi connectivity index (χ1) is 7.13. The van der Waals surface area contributed by atoms with Gasteiger partial charge >= 0.3 is 11.9 Å². The molecule has 1 aliphatic rings. The Morgan fingerprint density at radius 3 is 1.87 bits per heavy atom. The zero-order valence-corrected chi connectivity index (χ0v) is 9.54. The number of esters is 2. The second kappa shape index (κ2) is 4.64. The molecule has 1 rings (SSSR count). The van der Waals surface area contributed by atoms with Gasteiger partial charge < -0.3 is 9.47 Å². The van der Waals surface area contributed by atoms with E-state index in [4.69, 9.17) is 9.47 Å². The van der Waals surface area contributed by atoms with Gasteiger partial charge in [0.1, 0.15) is 0 Å². The van der Waals surface area contributed by atoms with Crippen molar-refractivity contribution >= 4 is 11.9 Å². The molecule has 86 valence electrons. The fourth-order valence-electron chi connectivity index (χ4n) is 1.93. The number of carbonyl (C=O) groups excluding carboxylic acids is 2. The van der Waals surface area contributed by atoms with E-state index < -0.39 is 17.4 Å². The monoisotopic (exact) mass is 214 g/mol. The molecule has 0 bridgehead atoms. The van der Waals surface area contributed by atoms with Crippen LogP contribution in [0, 0.1) is 11.3 Å². The van der Waals surface area contributed by atoms with Gasteiger partial charge in [-0.3, -0.25) is 9.59 Å². The van der Waals surface area contributed by atoms with Crippen molar-refractivity contribution in [3.8, 4) is 0 Å². The van der Waals surface area contributed by atoms with Crippen LogP contribution in [0.5, 0.6) is 0 Å². The Kier molecular flexibility index (Phi) is 3.72. The van der Waals surface area contributed by atoms with Gasteiger partial charge in [-0.1, -0.05) is 13.3 Å². The van der Waals surface area contributed by atoms with Crippen LogP contribution in [-0.4, -0.2) is 25.2 Å². The van der Waals surface area contributed by atoms with Crippen LogP contribution in [0.2, 0.25) is 0 Å². The van der Waals surface area contributed by atoms with E-state index in [1.807, 2.05) is 6.92 Å². The van der Waals surface area contributed by atoms with Crippen molar-refractivity contribution < 1.29 is 19.1 Å². The van der Waals surface area contributed by atoms with Crippen LogP contribution in [0.1, 0.15) is 33.6 Å². The second-order valence-corrected chi connectivity index (χ2v) is 3.72. The highest BCUT2D eigenvalue weighted by Crippen LogP contribution is 2.56. The molecule has 15 heavy (non-hydrogen) atoms. The standard InChI is InChI=1S/C11H18O4/c1-4-8-7-11(8,9(12)14-5-2)10(13)15-6-3/h8H,4-7H2,1-3H3. The van der Waals surface area contributed by atoms with Crippen molar-refractivity contribution in [2.45, 2.75) is 33.6 Å². The summed E-state index contributed by atoms with van der Waals surface area (Å²) >= 11 is 0. The number of hydrogen-bond donors (Lipinski definition) is 0. The van der Waals surface area contributed by atoms with Gasteiger partial charge in [0.2, 0.25) is 0 Å². The third kappa shape index (κ3) is 1.98. The van der Waals surface area contributed by atoms with Gasteiger partial charge in [-0.25, -0.2) is 0 Å². The normalized spacial score (nSPS) is 21.9. The maximum Gasteiger partial charge on any atom is 0.323 e. The van der Waals surface area contributed by atoms with Crippen molar-refractivity contribution in [2.24, 2.45) is 11.3 Å². The minimum absolute atomic E-state index is 0.0931. The third-order valence-corrected chi connectivity index (χ3v) is 2.88. The van der Waals surface area contributed by atoms with E-state index in [-0.39, 0.29) is 5.92 Å². The largest absolute Gasteiger partial charge is 0.465 e. The third-order valence-electron chi connectivity index (χ3n) is 2.88. The lowest BCUT2D eigenvalue weighted by molar-refractivity contribution is -0.165. The molecule has 1 fully saturated rings. The van der Waals surface area contributed by atoms with Crippen molar-refractivity contribution in [1.29, 1.82) is 0 Å². The summed E-state index contributed by atoms with van der Waals surface area (Å²) < 4.78 is 9.86. The minimum Gasteiger partial charge on any atom is -0.465 e. The maximum absolute atomic E-state index is 11.7. The van der Waals surface area contributed by atoms with Crippen LogP contribution in [0.4, 0.5) is 0 Å². The Balaban J connectivity index is 2.73. The lowest BCUT2D eigenvalue weighted by Gasteiger charge is -2.13. The molecule has 4 heteroatoms. The average molecular weight is 214 g/mol. The Labute approximate surface area is 89.9 Å². The molecule has 0 spiro atoms. The molecule has 1 unspecified atom stereocenters. The van der Waals surface area contributed by atoms with Gasteiger partial charge in [0.05, 0.1) is 13.2 Å². The molecular formula is C11H18O4. The Morgan fingerprint density at radius 1 is 1.13 bits per heavy atom.